The van der Waals surface area contributed by atoms with Gasteiger partial charge in [0.2, 0.25) is 0 Å². The van der Waals surface area contributed by atoms with Crippen LogP contribution in [0.25, 0.3) is 0 Å². The molecule has 0 heterocycles. The molecule has 3 heteroatoms. The van der Waals surface area contributed by atoms with Gasteiger partial charge < -0.3 is 15.8 Å². The molecule has 2 aliphatic carbocycles. The van der Waals surface area contributed by atoms with Crippen molar-refractivity contribution in [1.82, 2.24) is 5.32 Å². The first kappa shape index (κ1) is 15.3. The summed E-state index contributed by atoms with van der Waals surface area (Å²) < 4.78 is 5.22. The Labute approximate surface area is 118 Å². The van der Waals surface area contributed by atoms with E-state index in [-0.39, 0.29) is 0 Å². The Morgan fingerprint density at radius 2 is 1.58 bits per heavy atom. The van der Waals surface area contributed by atoms with E-state index in [1.165, 1.54) is 57.8 Å². The monoisotopic (exact) mass is 268 g/mol. The zero-order valence-corrected chi connectivity index (χ0v) is 12.7. The molecular formula is C16H32N2O. The van der Waals surface area contributed by atoms with Gasteiger partial charge in [-0.1, -0.05) is 25.7 Å². The van der Waals surface area contributed by atoms with E-state index in [4.69, 9.17) is 10.5 Å². The average molecular weight is 268 g/mol. The van der Waals surface area contributed by atoms with Crippen molar-refractivity contribution in [2.75, 3.05) is 33.4 Å². The molecule has 2 saturated carbocycles. The number of hydrogen-bond acceptors (Lipinski definition) is 3. The topological polar surface area (TPSA) is 47.3 Å². The largest absolute Gasteiger partial charge is 0.385 e. The molecular weight excluding hydrogens is 236 g/mol. The minimum Gasteiger partial charge on any atom is -0.385 e. The van der Waals surface area contributed by atoms with Crippen LogP contribution >= 0.6 is 0 Å². The molecule has 2 aliphatic rings. The van der Waals surface area contributed by atoms with Crippen molar-refractivity contribution in [2.24, 2.45) is 16.6 Å². The molecule has 3 nitrogen and oxygen atoms in total. The molecule has 112 valence electrons. The summed E-state index contributed by atoms with van der Waals surface area (Å²) in [4.78, 5) is 0. The smallest absolute Gasteiger partial charge is 0.0468 e. The molecule has 0 radical (unpaired) electrons. The summed E-state index contributed by atoms with van der Waals surface area (Å²) in [5.74, 6) is 0. The number of nitrogens with one attached hydrogen (secondary N) is 1. The van der Waals surface area contributed by atoms with Gasteiger partial charge in [0.25, 0.3) is 0 Å². The van der Waals surface area contributed by atoms with E-state index in [2.05, 4.69) is 5.32 Å². The van der Waals surface area contributed by atoms with Gasteiger partial charge in [0, 0.05) is 26.8 Å². The van der Waals surface area contributed by atoms with Gasteiger partial charge in [-0.25, -0.2) is 0 Å². The fourth-order valence-corrected chi connectivity index (χ4v) is 3.53. The maximum Gasteiger partial charge on any atom is 0.0468 e. The van der Waals surface area contributed by atoms with Gasteiger partial charge in [0.15, 0.2) is 0 Å². The van der Waals surface area contributed by atoms with Crippen LogP contribution in [0.2, 0.25) is 0 Å². The summed E-state index contributed by atoms with van der Waals surface area (Å²) in [5.41, 5.74) is 7.03. The Hall–Kier alpha value is -0.120. The molecule has 0 saturated heterocycles. The van der Waals surface area contributed by atoms with E-state index >= 15 is 0 Å². The summed E-state index contributed by atoms with van der Waals surface area (Å²) in [5, 5.41) is 3.75. The van der Waals surface area contributed by atoms with E-state index in [9.17, 15) is 0 Å². The number of hydrogen-bond donors (Lipinski definition) is 2. The quantitative estimate of drug-likeness (QED) is 0.665. The molecule has 0 aromatic heterocycles. The molecule has 0 bridgehead atoms. The highest BCUT2D eigenvalue weighted by Gasteiger charge is 2.42. The molecule has 0 aromatic carbocycles. The maximum absolute atomic E-state index is 6.09. The third-order valence-corrected chi connectivity index (χ3v) is 5.39. The van der Waals surface area contributed by atoms with Gasteiger partial charge in [-0.15, -0.1) is 0 Å². The second-order valence-electron chi connectivity index (χ2n) is 6.96. The summed E-state index contributed by atoms with van der Waals surface area (Å²) >= 11 is 0. The normalized spacial score (nSPS) is 24.9. The van der Waals surface area contributed by atoms with Crippen molar-refractivity contribution in [1.29, 1.82) is 0 Å². The van der Waals surface area contributed by atoms with Gasteiger partial charge in [-0.2, -0.15) is 0 Å². The van der Waals surface area contributed by atoms with Crippen molar-refractivity contribution in [3.05, 3.63) is 0 Å². The Kier molecular flexibility index (Phi) is 5.67. The van der Waals surface area contributed by atoms with Crippen molar-refractivity contribution >= 4 is 0 Å². The van der Waals surface area contributed by atoms with Crippen LogP contribution < -0.4 is 11.1 Å². The van der Waals surface area contributed by atoms with Crippen molar-refractivity contribution in [2.45, 2.75) is 57.8 Å². The molecule has 0 unspecified atom stereocenters. The van der Waals surface area contributed by atoms with Gasteiger partial charge in [-0.05, 0) is 49.5 Å². The zero-order chi connectivity index (χ0) is 13.6. The predicted molar refractivity (Wildman–Crippen MR) is 80.2 cm³/mol. The predicted octanol–water partition coefficient (Wildman–Crippen LogP) is 2.69. The maximum atomic E-state index is 6.09. The summed E-state index contributed by atoms with van der Waals surface area (Å²) in [7, 11) is 1.80. The Morgan fingerprint density at radius 3 is 2.11 bits per heavy atom. The Morgan fingerprint density at radius 1 is 0.947 bits per heavy atom. The van der Waals surface area contributed by atoms with E-state index in [1.54, 1.807) is 7.11 Å². The van der Waals surface area contributed by atoms with Gasteiger partial charge >= 0.3 is 0 Å². The molecule has 3 N–H and O–H groups in total. The average Bonchev–Trinajstić information content (AvgIpc) is 3.22. The third kappa shape index (κ3) is 4.44. The van der Waals surface area contributed by atoms with Crippen LogP contribution in [-0.4, -0.2) is 33.4 Å². The molecule has 0 aromatic rings. The molecule has 2 fully saturated rings. The van der Waals surface area contributed by atoms with Crippen LogP contribution in [0.5, 0.6) is 0 Å². The minimum atomic E-state index is 0.383. The fourth-order valence-electron chi connectivity index (χ4n) is 3.53. The molecule has 0 amide bonds. The number of ether oxygens (including phenoxy) is 1. The van der Waals surface area contributed by atoms with Crippen molar-refractivity contribution in [3.63, 3.8) is 0 Å². The van der Waals surface area contributed by atoms with E-state index in [0.29, 0.717) is 10.8 Å². The lowest BCUT2D eigenvalue weighted by Crippen LogP contribution is -2.42. The first-order valence-electron chi connectivity index (χ1n) is 8.14. The number of rotatable bonds is 8. The van der Waals surface area contributed by atoms with Crippen molar-refractivity contribution in [3.8, 4) is 0 Å². The summed E-state index contributed by atoms with van der Waals surface area (Å²) in [6.45, 7) is 4.05. The van der Waals surface area contributed by atoms with E-state index in [1.807, 2.05) is 0 Å². The van der Waals surface area contributed by atoms with Crippen LogP contribution in [0, 0.1) is 10.8 Å². The summed E-state index contributed by atoms with van der Waals surface area (Å²) in [6, 6.07) is 0. The Bertz CT molecular complexity index is 255. The third-order valence-electron chi connectivity index (χ3n) is 5.39. The highest BCUT2D eigenvalue weighted by molar-refractivity contribution is 4.95. The molecule has 0 aliphatic heterocycles. The van der Waals surface area contributed by atoms with Crippen LogP contribution in [0.3, 0.4) is 0 Å². The molecule has 0 atom stereocenters. The van der Waals surface area contributed by atoms with Gasteiger partial charge in [0.1, 0.15) is 0 Å². The summed E-state index contributed by atoms with van der Waals surface area (Å²) in [6.07, 6.45) is 12.1. The lowest BCUT2D eigenvalue weighted by molar-refractivity contribution is 0.167. The fraction of sp³-hybridized carbons (Fsp3) is 1.00. The highest BCUT2D eigenvalue weighted by Crippen LogP contribution is 2.48. The van der Waals surface area contributed by atoms with Crippen LogP contribution in [0.15, 0.2) is 0 Å². The lowest BCUT2D eigenvalue weighted by Gasteiger charge is -2.32. The number of methoxy groups -OCH3 is 1. The van der Waals surface area contributed by atoms with Gasteiger partial charge in [-0.3, -0.25) is 0 Å². The molecule has 19 heavy (non-hydrogen) atoms. The highest BCUT2D eigenvalue weighted by atomic mass is 16.5. The van der Waals surface area contributed by atoms with Crippen molar-refractivity contribution < 1.29 is 4.74 Å². The molecule has 2 rings (SSSR count). The SMILES string of the molecule is COCCC1(CNCC2(CN)CCCCCC2)CC1. The number of nitrogens with two attached hydrogens (primary N) is 1. The standard InChI is InChI=1S/C16H32N2O/c1-19-11-10-15(8-9-15)13-18-14-16(12-17)6-4-2-3-5-7-16/h18H,2-14,17H2,1H3. The minimum absolute atomic E-state index is 0.383. The van der Waals surface area contributed by atoms with Crippen LogP contribution in [0.4, 0.5) is 0 Å². The van der Waals surface area contributed by atoms with Crippen LogP contribution in [-0.2, 0) is 4.74 Å². The first-order valence-corrected chi connectivity index (χ1v) is 8.14. The molecule has 0 spiro atoms. The zero-order valence-electron chi connectivity index (χ0n) is 12.7. The van der Waals surface area contributed by atoms with Gasteiger partial charge in [0.05, 0.1) is 0 Å². The second kappa shape index (κ2) is 7.05. The van der Waals surface area contributed by atoms with E-state index in [0.717, 1.165) is 26.2 Å². The lowest BCUT2D eigenvalue weighted by atomic mass is 9.80. The van der Waals surface area contributed by atoms with Crippen LogP contribution in [0.1, 0.15) is 57.8 Å². The van der Waals surface area contributed by atoms with E-state index < -0.39 is 0 Å². The second-order valence-corrected chi connectivity index (χ2v) is 6.96. The first-order chi connectivity index (χ1) is 9.24. The Balaban J connectivity index is 1.73.